The van der Waals surface area contributed by atoms with Crippen molar-refractivity contribution in [3.05, 3.63) is 27.3 Å². The van der Waals surface area contributed by atoms with Gasteiger partial charge >= 0.3 is 11.9 Å². The van der Waals surface area contributed by atoms with Gasteiger partial charge in [0.15, 0.2) is 0 Å². The van der Waals surface area contributed by atoms with Crippen LogP contribution < -0.4 is 4.90 Å². The molecule has 1 unspecified atom stereocenters. The highest BCUT2D eigenvalue weighted by molar-refractivity contribution is 14.1. The van der Waals surface area contributed by atoms with Crippen molar-refractivity contribution in [2.75, 3.05) is 25.7 Å². The van der Waals surface area contributed by atoms with Crippen molar-refractivity contribution in [2.24, 2.45) is 5.92 Å². The Hall–Kier alpha value is -1.64. The number of esters is 2. The van der Waals surface area contributed by atoms with Gasteiger partial charge in [0.2, 0.25) is 5.91 Å². The number of amides is 1. The average molecular weight is 403 g/mol. The lowest BCUT2D eigenvalue weighted by Gasteiger charge is -2.18. The Morgan fingerprint density at radius 1 is 1.29 bits per heavy atom. The lowest BCUT2D eigenvalue weighted by Crippen LogP contribution is -2.27. The van der Waals surface area contributed by atoms with Crippen LogP contribution in [-0.2, 0) is 19.1 Å². The predicted octanol–water partition coefficient (Wildman–Crippen LogP) is 1.60. The van der Waals surface area contributed by atoms with Gasteiger partial charge < -0.3 is 14.4 Å². The number of hydrogen-bond acceptors (Lipinski definition) is 5. The predicted molar refractivity (Wildman–Crippen MR) is 83.0 cm³/mol. The first kappa shape index (κ1) is 15.7. The molecule has 0 spiro atoms. The second-order valence-electron chi connectivity index (χ2n) is 4.59. The summed E-state index contributed by atoms with van der Waals surface area (Å²) in [4.78, 5) is 36.6. The Labute approximate surface area is 135 Å². The molecule has 112 valence electrons. The minimum absolute atomic E-state index is 0.130. The Morgan fingerprint density at radius 2 is 2.00 bits per heavy atom. The van der Waals surface area contributed by atoms with E-state index in [1.54, 1.807) is 23.1 Å². The van der Waals surface area contributed by atoms with E-state index >= 15 is 0 Å². The molecular weight excluding hydrogens is 389 g/mol. The van der Waals surface area contributed by atoms with Gasteiger partial charge in [-0.3, -0.25) is 9.59 Å². The molecule has 1 atom stereocenters. The zero-order valence-corrected chi connectivity index (χ0v) is 13.7. The molecule has 1 heterocycles. The van der Waals surface area contributed by atoms with Gasteiger partial charge in [-0.1, -0.05) is 0 Å². The van der Waals surface area contributed by atoms with E-state index in [-0.39, 0.29) is 18.3 Å². The van der Waals surface area contributed by atoms with Crippen molar-refractivity contribution in [1.29, 1.82) is 0 Å². The van der Waals surface area contributed by atoms with E-state index in [4.69, 9.17) is 0 Å². The molecule has 1 saturated heterocycles. The van der Waals surface area contributed by atoms with Crippen molar-refractivity contribution in [2.45, 2.75) is 6.42 Å². The lowest BCUT2D eigenvalue weighted by atomic mass is 10.1. The highest BCUT2D eigenvalue weighted by atomic mass is 127. The van der Waals surface area contributed by atoms with Gasteiger partial charge in [0.05, 0.1) is 31.4 Å². The van der Waals surface area contributed by atoms with Crippen LogP contribution >= 0.6 is 22.6 Å². The fourth-order valence-electron chi connectivity index (χ4n) is 2.24. The first-order chi connectivity index (χ1) is 9.97. The summed E-state index contributed by atoms with van der Waals surface area (Å²) < 4.78 is 10.1. The Balaban J connectivity index is 2.25. The Morgan fingerprint density at radius 3 is 2.57 bits per heavy atom. The summed E-state index contributed by atoms with van der Waals surface area (Å²) in [5.74, 6) is -1.39. The summed E-state index contributed by atoms with van der Waals surface area (Å²) >= 11 is 2.05. The van der Waals surface area contributed by atoms with Crippen LogP contribution in [0.25, 0.3) is 0 Å². The highest BCUT2D eigenvalue weighted by Gasteiger charge is 2.36. The molecule has 0 aromatic heterocycles. The van der Waals surface area contributed by atoms with Crippen LogP contribution in [0.3, 0.4) is 0 Å². The molecule has 1 aromatic rings. The van der Waals surface area contributed by atoms with E-state index in [1.165, 1.54) is 14.2 Å². The third kappa shape index (κ3) is 3.17. The molecule has 0 saturated carbocycles. The number of nitrogens with zero attached hydrogens (tertiary/aromatic N) is 1. The number of halogens is 1. The third-order valence-corrected chi connectivity index (χ3v) is 4.18. The molecule has 1 aromatic carbocycles. The summed E-state index contributed by atoms with van der Waals surface area (Å²) in [5, 5.41) is 0. The summed E-state index contributed by atoms with van der Waals surface area (Å²) in [7, 11) is 2.62. The van der Waals surface area contributed by atoms with Gasteiger partial charge in [-0.25, -0.2) is 4.79 Å². The van der Waals surface area contributed by atoms with Crippen molar-refractivity contribution >= 4 is 46.1 Å². The first-order valence-electron chi connectivity index (χ1n) is 6.24. The average Bonchev–Trinajstić information content (AvgIpc) is 2.87. The molecule has 0 bridgehead atoms. The number of ether oxygens (including phenoxy) is 2. The van der Waals surface area contributed by atoms with Crippen LogP contribution in [0.2, 0.25) is 0 Å². The highest BCUT2D eigenvalue weighted by Crippen LogP contribution is 2.30. The van der Waals surface area contributed by atoms with E-state index in [9.17, 15) is 14.4 Å². The van der Waals surface area contributed by atoms with E-state index in [2.05, 4.69) is 32.1 Å². The summed E-state index contributed by atoms with van der Waals surface area (Å²) in [5.41, 5.74) is 1.10. The minimum atomic E-state index is -0.446. The number of carbonyl (C=O) groups excluding carboxylic acids is 3. The quantitative estimate of drug-likeness (QED) is 0.567. The molecule has 0 N–H and O–H groups in total. The third-order valence-electron chi connectivity index (χ3n) is 3.32. The van der Waals surface area contributed by atoms with Gasteiger partial charge in [-0.05, 0) is 40.8 Å². The number of methoxy groups -OCH3 is 2. The fraction of sp³-hybridized carbons (Fsp3) is 0.357. The van der Waals surface area contributed by atoms with Crippen LogP contribution in [-0.4, -0.2) is 38.6 Å². The maximum atomic E-state index is 12.1. The number of benzene rings is 1. The molecule has 0 aliphatic carbocycles. The molecule has 6 nitrogen and oxygen atoms in total. The van der Waals surface area contributed by atoms with Crippen LogP contribution in [0.15, 0.2) is 18.2 Å². The summed E-state index contributed by atoms with van der Waals surface area (Å²) in [6, 6.07) is 4.94. The summed E-state index contributed by atoms with van der Waals surface area (Å²) in [6.45, 7) is 0.291. The van der Waals surface area contributed by atoms with E-state index in [1.807, 2.05) is 0 Å². The molecule has 1 aliphatic rings. The van der Waals surface area contributed by atoms with Crippen molar-refractivity contribution in [3.63, 3.8) is 0 Å². The monoisotopic (exact) mass is 403 g/mol. The minimum Gasteiger partial charge on any atom is -0.469 e. The lowest BCUT2D eigenvalue weighted by molar-refractivity contribution is -0.145. The smallest absolute Gasteiger partial charge is 0.337 e. The SMILES string of the molecule is COC(=O)c1ccc(N2CC(C(=O)OC)CC2=O)c(I)c1. The molecule has 0 radical (unpaired) electrons. The topological polar surface area (TPSA) is 72.9 Å². The first-order valence-corrected chi connectivity index (χ1v) is 7.32. The van der Waals surface area contributed by atoms with Crippen LogP contribution in [0.1, 0.15) is 16.8 Å². The standard InChI is InChI=1S/C14H14INO5/c1-20-13(18)8-3-4-11(10(15)5-8)16-7-9(6-12(16)17)14(19)21-2/h3-5,9H,6-7H2,1-2H3. The van der Waals surface area contributed by atoms with E-state index in [0.29, 0.717) is 17.8 Å². The second kappa shape index (κ2) is 6.42. The Bertz CT molecular complexity index is 601. The van der Waals surface area contributed by atoms with Gasteiger partial charge in [0.1, 0.15) is 0 Å². The molecule has 7 heteroatoms. The van der Waals surface area contributed by atoms with Crippen molar-refractivity contribution in [3.8, 4) is 0 Å². The normalized spacial score (nSPS) is 17.8. The van der Waals surface area contributed by atoms with Gasteiger partial charge in [-0.15, -0.1) is 0 Å². The number of hydrogen-bond donors (Lipinski definition) is 0. The van der Waals surface area contributed by atoms with Crippen LogP contribution in [0.5, 0.6) is 0 Å². The summed E-state index contributed by atoms with van der Waals surface area (Å²) in [6.07, 6.45) is 0.140. The molecule has 2 rings (SSSR count). The largest absolute Gasteiger partial charge is 0.469 e. The van der Waals surface area contributed by atoms with Crippen LogP contribution in [0, 0.1) is 9.49 Å². The number of carbonyl (C=O) groups is 3. The molecular formula is C14H14INO5. The maximum absolute atomic E-state index is 12.1. The second-order valence-corrected chi connectivity index (χ2v) is 5.75. The number of rotatable bonds is 3. The number of anilines is 1. The van der Waals surface area contributed by atoms with Crippen molar-refractivity contribution < 1.29 is 23.9 Å². The zero-order chi connectivity index (χ0) is 15.6. The molecule has 1 fully saturated rings. The van der Waals surface area contributed by atoms with Crippen LogP contribution in [0.4, 0.5) is 5.69 Å². The molecule has 21 heavy (non-hydrogen) atoms. The molecule has 1 aliphatic heterocycles. The van der Waals surface area contributed by atoms with Gasteiger partial charge in [0.25, 0.3) is 0 Å². The van der Waals surface area contributed by atoms with Crippen molar-refractivity contribution in [1.82, 2.24) is 0 Å². The zero-order valence-electron chi connectivity index (χ0n) is 11.6. The van der Waals surface area contributed by atoms with E-state index in [0.717, 1.165) is 3.57 Å². The molecule has 1 amide bonds. The Kier molecular flexibility index (Phi) is 4.81. The van der Waals surface area contributed by atoms with E-state index < -0.39 is 11.9 Å². The van der Waals surface area contributed by atoms with Gasteiger partial charge in [0, 0.05) is 16.5 Å². The van der Waals surface area contributed by atoms with Gasteiger partial charge in [-0.2, -0.15) is 0 Å². The maximum Gasteiger partial charge on any atom is 0.337 e. The fourth-order valence-corrected chi connectivity index (χ4v) is 3.04.